The molecule has 0 radical (unpaired) electrons. The molecule has 4 fully saturated rings. The zero-order valence-corrected chi connectivity index (χ0v) is 29.1. The summed E-state index contributed by atoms with van der Waals surface area (Å²) in [6.07, 6.45) is 6.86. The molecular weight excluding hydrogens is 629 g/mol. The number of fused-ring (bicyclic) bond motifs is 14. The lowest BCUT2D eigenvalue weighted by Crippen LogP contribution is -2.56. The van der Waals surface area contributed by atoms with E-state index in [0.29, 0.717) is 11.8 Å². The van der Waals surface area contributed by atoms with E-state index < -0.39 is 5.41 Å². The fraction of sp³-hybridized carbons (Fsp3) is 0.216. The van der Waals surface area contributed by atoms with E-state index in [1.165, 1.54) is 110 Å². The molecule has 1 heteroatoms. The first-order valence-electron chi connectivity index (χ1n) is 19.5. The standard InChI is InChI=1S/C51H38O/c1-2-11-36-32(10-1)20-22-44-48(36)40-15-9-14-37(49(40)51(44)41-16-5-3-12-38(41)39-13-4-6-17-42(39)51)33-21-23-47-45(29-33)50(43-18-7-8-19-46(43)52-47)34-25-30-24-31(27-34)28-35(50)26-30/h1-23,29-31,34-35H,24-28H2. The topological polar surface area (TPSA) is 9.23 Å². The minimum atomic E-state index is -0.419. The molecule has 14 rings (SSSR count). The molecule has 0 unspecified atom stereocenters. The Morgan fingerprint density at radius 2 is 1.06 bits per heavy atom. The maximum absolute atomic E-state index is 6.88. The van der Waals surface area contributed by atoms with Crippen LogP contribution in [0.1, 0.15) is 65.5 Å². The second kappa shape index (κ2) is 9.72. The number of benzene rings is 7. The number of hydrogen-bond donors (Lipinski definition) is 0. The summed E-state index contributed by atoms with van der Waals surface area (Å²) >= 11 is 0. The summed E-state index contributed by atoms with van der Waals surface area (Å²) in [5.41, 5.74) is 16.2. The number of ether oxygens (including phenoxy) is 1. The van der Waals surface area contributed by atoms with E-state index >= 15 is 0 Å². The van der Waals surface area contributed by atoms with Crippen molar-refractivity contribution in [3.05, 3.63) is 179 Å². The van der Waals surface area contributed by atoms with E-state index in [9.17, 15) is 0 Å². The van der Waals surface area contributed by atoms with Gasteiger partial charge in [-0.1, -0.05) is 127 Å². The van der Waals surface area contributed by atoms with Crippen molar-refractivity contribution in [2.24, 2.45) is 23.7 Å². The molecule has 1 heterocycles. The van der Waals surface area contributed by atoms with Gasteiger partial charge >= 0.3 is 0 Å². The molecule has 0 amide bonds. The average molecular weight is 667 g/mol. The Morgan fingerprint density at radius 3 is 1.83 bits per heavy atom. The van der Waals surface area contributed by atoms with Crippen molar-refractivity contribution < 1.29 is 4.74 Å². The molecule has 4 bridgehead atoms. The second-order valence-electron chi connectivity index (χ2n) is 16.8. The molecule has 1 nitrogen and oxygen atoms in total. The second-order valence-corrected chi connectivity index (χ2v) is 16.8. The molecule has 0 atom stereocenters. The molecule has 1 aliphatic heterocycles. The summed E-state index contributed by atoms with van der Waals surface area (Å²) in [5.74, 6) is 5.27. The number of para-hydroxylation sites is 1. The quantitative estimate of drug-likeness (QED) is 0.169. The highest BCUT2D eigenvalue weighted by Crippen LogP contribution is 2.70. The lowest BCUT2D eigenvalue weighted by atomic mass is 9.41. The molecule has 6 aliphatic carbocycles. The Bertz CT molecular complexity index is 2620. The first kappa shape index (κ1) is 28.2. The summed E-state index contributed by atoms with van der Waals surface area (Å²) in [6.45, 7) is 0. The Labute approximate surface area is 304 Å². The molecular formula is C51H38O. The molecule has 7 aromatic rings. The maximum Gasteiger partial charge on any atom is 0.131 e. The average Bonchev–Trinajstić information content (AvgIpc) is 3.67. The lowest BCUT2D eigenvalue weighted by Gasteiger charge is -2.63. The molecule has 52 heavy (non-hydrogen) atoms. The summed E-state index contributed by atoms with van der Waals surface area (Å²) < 4.78 is 6.88. The Hall–Kier alpha value is -5.40. The molecule has 2 spiro atoms. The fourth-order valence-electron chi connectivity index (χ4n) is 13.3. The van der Waals surface area contributed by atoms with Crippen LogP contribution in [0.15, 0.2) is 146 Å². The summed E-state index contributed by atoms with van der Waals surface area (Å²) in [5, 5.41) is 2.63. The minimum absolute atomic E-state index is 0.00890. The highest BCUT2D eigenvalue weighted by Gasteiger charge is 2.61. The van der Waals surface area contributed by atoms with Crippen molar-refractivity contribution in [2.75, 3.05) is 0 Å². The lowest BCUT2D eigenvalue weighted by molar-refractivity contribution is -0.0452. The van der Waals surface area contributed by atoms with Crippen LogP contribution in [-0.2, 0) is 10.8 Å². The van der Waals surface area contributed by atoms with Crippen LogP contribution in [0.2, 0.25) is 0 Å². The van der Waals surface area contributed by atoms with Gasteiger partial charge in [-0.15, -0.1) is 0 Å². The van der Waals surface area contributed by atoms with Crippen molar-refractivity contribution in [3.8, 4) is 44.9 Å². The van der Waals surface area contributed by atoms with Crippen LogP contribution < -0.4 is 4.74 Å². The largest absolute Gasteiger partial charge is 0.457 e. The van der Waals surface area contributed by atoms with Crippen LogP contribution in [0.4, 0.5) is 0 Å². The third kappa shape index (κ3) is 3.21. The van der Waals surface area contributed by atoms with Gasteiger partial charge in [0, 0.05) is 16.5 Å². The van der Waals surface area contributed by atoms with Gasteiger partial charge in [0.2, 0.25) is 0 Å². The molecule has 7 aliphatic rings. The van der Waals surface area contributed by atoms with Gasteiger partial charge in [0.15, 0.2) is 0 Å². The van der Waals surface area contributed by atoms with Crippen molar-refractivity contribution in [2.45, 2.75) is 42.9 Å². The van der Waals surface area contributed by atoms with E-state index in [4.69, 9.17) is 4.74 Å². The van der Waals surface area contributed by atoms with Crippen molar-refractivity contribution in [1.29, 1.82) is 0 Å². The minimum Gasteiger partial charge on any atom is -0.457 e. The molecule has 248 valence electrons. The summed E-state index contributed by atoms with van der Waals surface area (Å²) in [6, 6.07) is 55.7. The van der Waals surface area contributed by atoms with E-state index in [1.807, 2.05) is 0 Å². The third-order valence-corrected chi connectivity index (χ3v) is 14.7. The van der Waals surface area contributed by atoms with Crippen molar-refractivity contribution in [3.63, 3.8) is 0 Å². The van der Waals surface area contributed by atoms with Gasteiger partial charge in [-0.2, -0.15) is 0 Å². The predicted molar refractivity (Wildman–Crippen MR) is 210 cm³/mol. The van der Waals surface area contributed by atoms with E-state index in [0.717, 1.165) is 23.3 Å². The molecule has 0 saturated heterocycles. The fourth-order valence-corrected chi connectivity index (χ4v) is 13.3. The SMILES string of the molecule is c1ccc2c(c1)Oc1ccc(-c3cccc4c3C3(c5ccccc5-c5ccccc53)c3ccc5ccccc5c3-4)cc1C21C2CC3CC(C2)CC1C3. The monoisotopic (exact) mass is 666 g/mol. The first-order valence-corrected chi connectivity index (χ1v) is 19.5. The summed E-state index contributed by atoms with van der Waals surface area (Å²) in [4.78, 5) is 0. The van der Waals surface area contributed by atoms with Crippen molar-refractivity contribution >= 4 is 10.8 Å². The zero-order valence-electron chi connectivity index (χ0n) is 29.1. The normalized spacial score (nSPS) is 25.7. The molecule has 0 aromatic heterocycles. The van der Waals surface area contributed by atoms with Crippen LogP contribution in [0, 0.1) is 23.7 Å². The van der Waals surface area contributed by atoms with E-state index in [-0.39, 0.29) is 5.41 Å². The highest BCUT2D eigenvalue weighted by molar-refractivity contribution is 6.08. The van der Waals surface area contributed by atoms with Crippen LogP contribution in [0.5, 0.6) is 11.5 Å². The van der Waals surface area contributed by atoms with E-state index in [1.54, 1.807) is 0 Å². The van der Waals surface area contributed by atoms with Gasteiger partial charge < -0.3 is 4.74 Å². The van der Waals surface area contributed by atoms with Gasteiger partial charge in [0.25, 0.3) is 0 Å². The predicted octanol–water partition coefficient (Wildman–Crippen LogP) is 12.7. The summed E-state index contributed by atoms with van der Waals surface area (Å²) in [7, 11) is 0. The Kier molecular flexibility index (Phi) is 5.27. The molecule has 0 N–H and O–H groups in total. The first-order chi connectivity index (χ1) is 25.7. The van der Waals surface area contributed by atoms with Crippen molar-refractivity contribution in [1.82, 2.24) is 0 Å². The highest BCUT2D eigenvalue weighted by atomic mass is 16.5. The Balaban J connectivity index is 1.12. The smallest absolute Gasteiger partial charge is 0.131 e. The Morgan fingerprint density at radius 1 is 0.442 bits per heavy atom. The zero-order chi connectivity index (χ0) is 33.8. The molecule has 7 aromatic carbocycles. The van der Waals surface area contributed by atoms with Crippen LogP contribution in [-0.4, -0.2) is 0 Å². The van der Waals surface area contributed by atoms with Gasteiger partial charge in [-0.3, -0.25) is 0 Å². The van der Waals surface area contributed by atoms with Gasteiger partial charge in [0.05, 0.1) is 5.41 Å². The van der Waals surface area contributed by atoms with Gasteiger partial charge in [-0.05, 0) is 140 Å². The number of rotatable bonds is 1. The van der Waals surface area contributed by atoms with Crippen LogP contribution in [0.25, 0.3) is 44.2 Å². The van der Waals surface area contributed by atoms with Crippen LogP contribution >= 0.6 is 0 Å². The van der Waals surface area contributed by atoms with Gasteiger partial charge in [-0.25, -0.2) is 0 Å². The number of hydrogen-bond acceptors (Lipinski definition) is 1. The van der Waals surface area contributed by atoms with Crippen LogP contribution in [0.3, 0.4) is 0 Å². The van der Waals surface area contributed by atoms with Gasteiger partial charge in [0.1, 0.15) is 11.5 Å². The molecule has 4 saturated carbocycles. The van der Waals surface area contributed by atoms with E-state index in [2.05, 4.69) is 146 Å². The maximum atomic E-state index is 6.88. The third-order valence-electron chi connectivity index (χ3n) is 14.7.